The second kappa shape index (κ2) is 8.91. The normalized spacial score (nSPS) is 11.0. The summed E-state index contributed by atoms with van der Waals surface area (Å²) in [7, 11) is 0. The van der Waals surface area contributed by atoms with Gasteiger partial charge in [-0.3, -0.25) is 9.36 Å². The van der Waals surface area contributed by atoms with E-state index in [2.05, 4.69) is 9.88 Å². The van der Waals surface area contributed by atoms with Crippen LogP contribution < -0.4 is 5.32 Å². The van der Waals surface area contributed by atoms with Crippen LogP contribution in [0.1, 0.15) is 5.56 Å². The van der Waals surface area contributed by atoms with E-state index >= 15 is 0 Å². The highest BCUT2D eigenvalue weighted by Gasteiger charge is 2.14. The van der Waals surface area contributed by atoms with Crippen LogP contribution in [0.25, 0.3) is 16.7 Å². The minimum atomic E-state index is -0.0901. The van der Waals surface area contributed by atoms with Gasteiger partial charge in [0.05, 0.1) is 16.8 Å². The second-order valence-corrected chi connectivity index (χ2v) is 8.14. The largest absolute Gasteiger partial charge is 0.351 e. The molecule has 0 unspecified atom stereocenters. The van der Waals surface area contributed by atoms with Crippen molar-refractivity contribution in [1.82, 2.24) is 14.9 Å². The van der Waals surface area contributed by atoms with Gasteiger partial charge in [-0.05, 0) is 42.0 Å². The molecule has 0 fully saturated rings. The third kappa shape index (κ3) is 4.58. The highest BCUT2D eigenvalue weighted by atomic mass is 35.5. The van der Waals surface area contributed by atoms with Crippen LogP contribution in [0, 0.1) is 0 Å². The van der Waals surface area contributed by atoms with Crippen molar-refractivity contribution in [3.8, 4) is 5.69 Å². The molecule has 0 aliphatic rings. The van der Waals surface area contributed by atoms with Gasteiger partial charge in [0.1, 0.15) is 0 Å². The molecule has 146 valence electrons. The fourth-order valence-electron chi connectivity index (χ4n) is 2.97. The molecule has 4 rings (SSSR count). The molecule has 0 saturated heterocycles. The Balaban J connectivity index is 1.49. The Kier molecular flexibility index (Phi) is 6.09. The van der Waals surface area contributed by atoms with Crippen LogP contribution >= 0.6 is 35.0 Å². The number of nitrogens with zero attached hydrogens (tertiary/aromatic N) is 2. The fourth-order valence-corrected chi connectivity index (χ4v) is 4.30. The van der Waals surface area contributed by atoms with E-state index in [4.69, 9.17) is 28.2 Å². The number of amides is 1. The van der Waals surface area contributed by atoms with Crippen molar-refractivity contribution in [3.05, 3.63) is 88.4 Å². The zero-order valence-electron chi connectivity index (χ0n) is 15.3. The van der Waals surface area contributed by atoms with Crippen LogP contribution in [0.2, 0.25) is 10.0 Å². The monoisotopic (exact) mass is 441 g/mol. The Morgan fingerprint density at radius 1 is 1.00 bits per heavy atom. The highest BCUT2D eigenvalue weighted by Crippen LogP contribution is 2.28. The highest BCUT2D eigenvalue weighted by molar-refractivity contribution is 7.99. The molecule has 0 spiro atoms. The van der Waals surface area contributed by atoms with E-state index in [0.717, 1.165) is 27.4 Å². The summed E-state index contributed by atoms with van der Waals surface area (Å²) in [6.07, 6.45) is 0. The Morgan fingerprint density at radius 3 is 2.55 bits per heavy atom. The van der Waals surface area contributed by atoms with Crippen LogP contribution in [0.15, 0.2) is 78.0 Å². The number of thioether (sulfide) groups is 1. The molecular weight excluding hydrogens is 425 g/mol. The molecular formula is C22H17Cl2N3OS. The van der Waals surface area contributed by atoms with E-state index in [-0.39, 0.29) is 11.7 Å². The van der Waals surface area contributed by atoms with Crippen molar-refractivity contribution in [2.24, 2.45) is 0 Å². The molecule has 1 heterocycles. The summed E-state index contributed by atoms with van der Waals surface area (Å²) in [5, 5.41) is 4.78. The lowest BCUT2D eigenvalue weighted by Crippen LogP contribution is -2.24. The van der Waals surface area contributed by atoms with Crippen molar-refractivity contribution in [2.45, 2.75) is 11.7 Å². The summed E-state index contributed by atoms with van der Waals surface area (Å²) in [5.74, 6) is 0.161. The average molecular weight is 442 g/mol. The first kappa shape index (κ1) is 19.8. The van der Waals surface area contributed by atoms with Gasteiger partial charge in [0.2, 0.25) is 5.91 Å². The number of hydrogen-bond acceptors (Lipinski definition) is 3. The van der Waals surface area contributed by atoms with Gasteiger partial charge in [0, 0.05) is 22.3 Å². The summed E-state index contributed by atoms with van der Waals surface area (Å²) in [4.78, 5) is 17.1. The third-order valence-electron chi connectivity index (χ3n) is 4.37. The van der Waals surface area contributed by atoms with E-state index in [1.165, 1.54) is 11.8 Å². The van der Waals surface area contributed by atoms with E-state index < -0.39 is 0 Å². The smallest absolute Gasteiger partial charge is 0.230 e. The van der Waals surface area contributed by atoms with Crippen LogP contribution in [0.3, 0.4) is 0 Å². The number of benzene rings is 3. The lowest BCUT2D eigenvalue weighted by atomic mass is 10.2. The number of fused-ring (bicyclic) bond motifs is 1. The lowest BCUT2D eigenvalue weighted by Gasteiger charge is -2.10. The van der Waals surface area contributed by atoms with Crippen molar-refractivity contribution in [3.63, 3.8) is 0 Å². The number of nitrogens with one attached hydrogen (secondary N) is 1. The van der Waals surface area contributed by atoms with Crippen molar-refractivity contribution >= 4 is 51.9 Å². The molecule has 1 aromatic heterocycles. The summed E-state index contributed by atoms with van der Waals surface area (Å²) in [5.41, 5.74) is 3.74. The van der Waals surface area contributed by atoms with E-state index in [9.17, 15) is 4.79 Å². The SMILES string of the molecule is O=C(CSc1nc2ccccc2n1-c1ccccc1)NCc1ccc(Cl)cc1Cl. The third-order valence-corrected chi connectivity index (χ3v) is 5.89. The molecule has 0 aliphatic heterocycles. The predicted molar refractivity (Wildman–Crippen MR) is 120 cm³/mol. The number of halogens is 2. The van der Waals surface area contributed by atoms with Crippen molar-refractivity contribution < 1.29 is 4.79 Å². The standard InChI is InChI=1S/C22H17Cl2N3OS/c23-16-11-10-15(18(24)12-16)13-25-21(28)14-29-22-26-19-8-4-5-9-20(19)27(22)17-6-2-1-3-7-17/h1-12H,13-14H2,(H,25,28). The average Bonchev–Trinajstić information content (AvgIpc) is 3.10. The number of hydrogen-bond donors (Lipinski definition) is 1. The van der Waals surface area contributed by atoms with Gasteiger partial charge in [-0.1, -0.05) is 71.4 Å². The molecule has 4 nitrogen and oxygen atoms in total. The molecule has 7 heteroatoms. The molecule has 3 aromatic carbocycles. The molecule has 1 N–H and O–H groups in total. The van der Waals surface area contributed by atoms with Crippen molar-refractivity contribution in [1.29, 1.82) is 0 Å². The zero-order chi connectivity index (χ0) is 20.2. The molecule has 0 bridgehead atoms. The van der Waals surface area contributed by atoms with Gasteiger partial charge in [-0.2, -0.15) is 0 Å². The number of para-hydroxylation sites is 3. The Labute approximate surface area is 182 Å². The van der Waals surface area contributed by atoms with E-state index in [1.807, 2.05) is 60.7 Å². The zero-order valence-corrected chi connectivity index (χ0v) is 17.6. The molecule has 0 aliphatic carbocycles. The van der Waals surface area contributed by atoms with Crippen LogP contribution in [0.5, 0.6) is 0 Å². The van der Waals surface area contributed by atoms with Crippen LogP contribution in [-0.4, -0.2) is 21.2 Å². The molecule has 1 amide bonds. The number of rotatable bonds is 6. The maximum atomic E-state index is 12.4. The number of carbonyl (C=O) groups excluding carboxylic acids is 1. The topological polar surface area (TPSA) is 46.9 Å². The van der Waals surface area contributed by atoms with Gasteiger partial charge in [-0.25, -0.2) is 4.98 Å². The Hall–Kier alpha value is -2.47. The first-order chi connectivity index (χ1) is 14.1. The summed E-state index contributed by atoms with van der Waals surface area (Å²) in [6.45, 7) is 0.352. The lowest BCUT2D eigenvalue weighted by molar-refractivity contribution is -0.118. The number of imidazole rings is 1. The molecule has 0 atom stereocenters. The predicted octanol–water partition coefficient (Wildman–Crippen LogP) is 5.74. The van der Waals surface area contributed by atoms with Gasteiger partial charge >= 0.3 is 0 Å². The van der Waals surface area contributed by atoms with Gasteiger partial charge < -0.3 is 5.32 Å². The van der Waals surface area contributed by atoms with Gasteiger partial charge in [0.25, 0.3) is 0 Å². The maximum Gasteiger partial charge on any atom is 0.230 e. The number of carbonyl (C=O) groups is 1. The van der Waals surface area contributed by atoms with Gasteiger partial charge in [-0.15, -0.1) is 0 Å². The Morgan fingerprint density at radius 2 is 1.76 bits per heavy atom. The maximum absolute atomic E-state index is 12.4. The quantitative estimate of drug-likeness (QED) is 0.388. The van der Waals surface area contributed by atoms with Crippen molar-refractivity contribution in [2.75, 3.05) is 5.75 Å². The number of aromatic nitrogens is 2. The summed E-state index contributed by atoms with van der Waals surface area (Å²) < 4.78 is 2.07. The molecule has 0 radical (unpaired) electrons. The fraction of sp³-hybridized carbons (Fsp3) is 0.0909. The molecule has 29 heavy (non-hydrogen) atoms. The van der Waals surface area contributed by atoms with Crippen LogP contribution in [0.4, 0.5) is 0 Å². The first-order valence-corrected chi connectivity index (χ1v) is 10.7. The molecule has 4 aromatic rings. The minimum Gasteiger partial charge on any atom is -0.351 e. The second-order valence-electron chi connectivity index (χ2n) is 6.36. The van der Waals surface area contributed by atoms with E-state index in [1.54, 1.807) is 12.1 Å². The Bertz CT molecular complexity index is 1160. The summed E-state index contributed by atoms with van der Waals surface area (Å²) in [6, 6.07) is 23.2. The summed E-state index contributed by atoms with van der Waals surface area (Å²) >= 11 is 13.5. The minimum absolute atomic E-state index is 0.0901. The van der Waals surface area contributed by atoms with Crippen LogP contribution in [-0.2, 0) is 11.3 Å². The first-order valence-electron chi connectivity index (χ1n) is 8.98. The molecule has 0 saturated carbocycles. The van der Waals surface area contributed by atoms with Gasteiger partial charge in [0.15, 0.2) is 5.16 Å². The van der Waals surface area contributed by atoms with E-state index in [0.29, 0.717) is 16.6 Å².